The van der Waals surface area contributed by atoms with Crippen LogP contribution in [-0.2, 0) is 13.2 Å². The second-order valence-corrected chi connectivity index (χ2v) is 5.24. The minimum absolute atomic E-state index is 0.260. The van der Waals surface area contributed by atoms with Gasteiger partial charge in [-0.1, -0.05) is 11.6 Å². The van der Waals surface area contributed by atoms with Crippen molar-refractivity contribution in [2.75, 3.05) is 6.61 Å². The summed E-state index contributed by atoms with van der Waals surface area (Å²) in [4.78, 5) is 11.9. The molecule has 0 aliphatic rings. The zero-order valence-corrected chi connectivity index (χ0v) is 13.1. The molecular formula is C14H9ClF6N2O2. The van der Waals surface area contributed by atoms with E-state index in [1.165, 1.54) is 0 Å². The molecule has 1 aromatic heterocycles. The van der Waals surface area contributed by atoms with Crippen molar-refractivity contribution >= 4 is 11.6 Å². The number of nitrogens with zero attached hydrogens (tertiary/aromatic N) is 2. The molecular weight excluding hydrogens is 378 g/mol. The molecule has 0 fully saturated rings. The normalized spacial score (nSPS) is 11.9. The number of aromatic nitrogens is 2. The standard InChI is InChI=1S/C14H9ClF6N2O2/c1-23-11(14(19,20)21)4-9(24)13(22-23)6-2-10(25-5-12(17)18)7(15)3-8(6)16/h2-4,12H,5H2,1H3. The molecule has 1 heterocycles. The number of alkyl halides is 5. The first-order valence-electron chi connectivity index (χ1n) is 6.56. The lowest BCUT2D eigenvalue weighted by Crippen LogP contribution is -2.23. The minimum atomic E-state index is -4.83. The van der Waals surface area contributed by atoms with Gasteiger partial charge >= 0.3 is 6.18 Å². The van der Waals surface area contributed by atoms with E-state index >= 15 is 0 Å². The fraction of sp³-hybridized carbons (Fsp3) is 0.286. The third-order valence-electron chi connectivity index (χ3n) is 3.03. The highest BCUT2D eigenvalue weighted by atomic mass is 35.5. The quantitative estimate of drug-likeness (QED) is 0.749. The zero-order chi connectivity index (χ0) is 18.9. The molecule has 2 rings (SSSR count). The van der Waals surface area contributed by atoms with Crippen LogP contribution in [0.15, 0.2) is 23.0 Å². The first-order valence-corrected chi connectivity index (χ1v) is 6.94. The van der Waals surface area contributed by atoms with Gasteiger partial charge in [-0.15, -0.1) is 0 Å². The van der Waals surface area contributed by atoms with Crippen LogP contribution in [0.1, 0.15) is 5.69 Å². The van der Waals surface area contributed by atoms with Gasteiger partial charge in [-0.2, -0.15) is 18.3 Å². The first kappa shape index (κ1) is 19.1. The molecule has 25 heavy (non-hydrogen) atoms. The second-order valence-electron chi connectivity index (χ2n) is 4.83. The van der Waals surface area contributed by atoms with Crippen LogP contribution in [0, 0.1) is 5.82 Å². The van der Waals surface area contributed by atoms with E-state index in [9.17, 15) is 31.1 Å². The van der Waals surface area contributed by atoms with Crippen molar-refractivity contribution in [2.45, 2.75) is 12.6 Å². The van der Waals surface area contributed by atoms with Gasteiger partial charge in [-0.3, -0.25) is 9.48 Å². The number of halogens is 7. The zero-order valence-electron chi connectivity index (χ0n) is 12.4. The molecule has 0 bridgehead atoms. The Bertz CT molecular complexity index is 850. The van der Waals surface area contributed by atoms with Gasteiger partial charge < -0.3 is 4.74 Å². The van der Waals surface area contributed by atoms with Crippen molar-refractivity contribution in [3.05, 3.63) is 45.0 Å². The molecule has 0 saturated carbocycles. The fourth-order valence-electron chi connectivity index (χ4n) is 1.96. The Morgan fingerprint density at radius 2 is 1.92 bits per heavy atom. The maximum Gasteiger partial charge on any atom is 0.433 e. The van der Waals surface area contributed by atoms with Gasteiger partial charge in [0.1, 0.15) is 29.6 Å². The number of hydrogen-bond donors (Lipinski definition) is 0. The van der Waals surface area contributed by atoms with Gasteiger partial charge in [0.05, 0.1) is 5.02 Å². The van der Waals surface area contributed by atoms with Crippen LogP contribution in [0.4, 0.5) is 26.3 Å². The molecule has 136 valence electrons. The summed E-state index contributed by atoms with van der Waals surface area (Å²) in [5, 5.41) is 3.09. The molecule has 0 unspecified atom stereocenters. The minimum Gasteiger partial charge on any atom is -0.486 e. The summed E-state index contributed by atoms with van der Waals surface area (Å²) < 4.78 is 81.8. The number of hydrogen-bond acceptors (Lipinski definition) is 3. The van der Waals surface area contributed by atoms with E-state index in [2.05, 4.69) is 5.10 Å². The van der Waals surface area contributed by atoms with E-state index < -0.39 is 47.4 Å². The summed E-state index contributed by atoms with van der Waals surface area (Å²) in [6.07, 6.45) is -7.66. The summed E-state index contributed by atoms with van der Waals surface area (Å²) in [7, 11) is 0.924. The number of aryl methyl sites for hydroxylation is 1. The third kappa shape index (κ3) is 4.25. The Hall–Kier alpha value is -2.23. The van der Waals surface area contributed by atoms with E-state index in [0.717, 1.165) is 13.1 Å². The molecule has 0 amide bonds. The highest BCUT2D eigenvalue weighted by Crippen LogP contribution is 2.33. The molecule has 0 N–H and O–H groups in total. The van der Waals surface area contributed by atoms with Crippen LogP contribution < -0.4 is 10.2 Å². The third-order valence-corrected chi connectivity index (χ3v) is 3.33. The summed E-state index contributed by atoms with van der Waals surface area (Å²) >= 11 is 5.67. The topological polar surface area (TPSA) is 44.1 Å². The van der Waals surface area contributed by atoms with Gasteiger partial charge in [0.15, 0.2) is 0 Å². The van der Waals surface area contributed by atoms with Gasteiger partial charge in [-0.05, 0) is 12.1 Å². The Morgan fingerprint density at radius 1 is 1.28 bits per heavy atom. The van der Waals surface area contributed by atoms with E-state index in [1.807, 2.05) is 0 Å². The molecule has 0 atom stereocenters. The number of rotatable bonds is 4. The highest BCUT2D eigenvalue weighted by molar-refractivity contribution is 6.32. The lowest BCUT2D eigenvalue weighted by Gasteiger charge is -2.14. The Labute approximate surface area is 141 Å². The first-order chi connectivity index (χ1) is 11.5. The maximum atomic E-state index is 14.1. The van der Waals surface area contributed by atoms with Crippen LogP contribution in [0.25, 0.3) is 11.3 Å². The van der Waals surface area contributed by atoms with Crippen LogP contribution in [0.3, 0.4) is 0 Å². The van der Waals surface area contributed by atoms with Crippen LogP contribution in [0.5, 0.6) is 5.75 Å². The van der Waals surface area contributed by atoms with Crippen molar-refractivity contribution in [1.82, 2.24) is 9.78 Å². The predicted octanol–water partition coefficient (Wildman–Crippen LogP) is 3.90. The maximum absolute atomic E-state index is 14.1. The van der Waals surface area contributed by atoms with Crippen molar-refractivity contribution in [3.63, 3.8) is 0 Å². The van der Waals surface area contributed by atoms with Crippen LogP contribution >= 0.6 is 11.6 Å². The number of benzene rings is 1. The van der Waals surface area contributed by atoms with E-state index in [4.69, 9.17) is 16.3 Å². The molecule has 2 aromatic rings. The number of ether oxygens (including phenoxy) is 1. The fourth-order valence-corrected chi connectivity index (χ4v) is 2.17. The highest BCUT2D eigenvalue weighted by Gasteiger charge is 2.34. The largest absolute Gasteiger partial charge is 0.486 e. The van der Waals surface area contributed by atoms with Crippen LogP contribution in [0.2, 0.25) is 5.02 Å². The van der Waals surface area contributed by atoms with E-state index in [-0.39, 0.29) is 16.8 Å². The monoisotopic (exact) mass is 386 g/mol. The summed E-state index contributed by atoms with van der Waals surface area (Å²) in [5.74, 6) is -1.43. The Kier molecular flexibility index (Phi) is 5.31. The molecule has 0 radical (unpaired) electrons. The average molecular weight is 387 g/mol. The Balaban J connectivity index is 2.57. The predicted molar refractivity (Wildman–Crippen MR) is 76.4 cm³/mol. The molecule has 0 aliphatic carbocycles. The van der Waals surface area contributed by atoms with Gasteiger partial charge in [-0.25, -0.2) is 13.2 Å². The molecule has 4 nitrogen and oxygen atoms in total. The Morgan fingerprint density at radius 3 is 2.48 bits per heavy atom. The van der Waals surface area contributed by atoms with Crippen molar-refractivity contribution < 1.29 is 31.1 Å². The summed E-state index contributed by atoms with van der Waals surface area (Å²) in [6.45, 7) is -1.04. The lowest BCUT2D eigenvalue weighted by atomic mass is 10.1. The SMILES string of the molecule is Cn1nc(-c2cc(OCC(F)F)c(Cl)cc2F)c(=O)cc1C(F)(F)F. The van der Waals surface area contributed by atoms with Gasteiger partial charge in [0.25, 0.3) is 6.43 Å². The summed E-state index contributed by atoms with van der Waals surface area (Å²) in [5.41, 5.74) is -3.70. The van der Waals surface area contributed by atoms with E-state index in [1.54, 1.807) is 0 Å². The smallest absolute Gasteiger partial charge is 0.433 e. The second kappa shape index (κ2) is 6.95. The molecule has 1 aromatic carbocycles. The lowest BCUT2D eigenvalue weighted by molar-refractivity contribution is -0.144. The van der Waals surface area contributed by atoms with Crippen molar-refractivity contribution in [2.24, 2.45) is 7.05 Å². The van der Waals surface area contributed by atoms with Crippen molar-refractivity contribution in [3.8, 4) is 17.0 Å². The van der Waals surface area contributed by atoms with Gasteiger partial charge in [0, 0.05) is 18.7 Å². The summed E-state index contributed by atoms with van der Waals surface area (Å²) in [6, 6.07) is 1.78. The average Bonchev–Trinajstić information content (AvgIpc) is 2.47. The van der Waals surface area contributed by atoms with E-state index in [0.29, 0.717) is 10.7 Å². The van der Waals surface area contributed by atoms with Crippen LogP contribution in [-0.4, -0.2) is 22.8 Å². The molecule has 11 heteroatoms. The van der Waals surface area contributed by atoms with Crippen molar-refractivity contribution in [1.29, 1.82) is 0 Å². The molecule has 0 aliphatic heterocycles. The molecule has 0 saturated heterocycles. The van der Waals surface area contributed by atoms with Gasteiger partial charge in [0.2, 0.25) is 5.43 Å². The molecule has 0 spiro atoms.